The lowest BCUT2D eigenvalue weighted by atomic mass is 10.1. The Balaban J connectivity index is 1.79. The second-order valence-corrected chi connectivity index (χ2v) is 6.21. The molecule has 0 saturated heterocycles. The quantitative estimate of drug-likeness (QED) is 0.482. The third-order valence-corrected chi connectivity index (χ3v) is 4.35. The number of nitrogens with zero attached hydrogens (tertiary/aromatic N) is 2. The lowest BCUT2D eigenvalue weighted by molar-refractivity contribution is -0.129. The van der Waals surface area contributed by atoms with Crippen molar-refractivity contribution in [1.29, 1.82) is 0 Å². The van der Waals surface area contributed by atoms with Crippen LogP contribution in [0, 0.1) is 12.7 Å². The minimum absolute atomic E-state index is 0.0521. The number of esters is 1. The van der Waals surface area contributed by atoms with Crippen LogP contribution in [0.3, 0.4) is 0 Å². The lowest BCUT2D eigenvalue weighted by Crippen LogP contribution is -2.07. The standard InChI is InChI=1S/C20H12ClFN2O3/c1-11-17(18(24-27-11)12-6-3-2-4-7-12)19-23-16(20(25)26-19)10-13-14(21)8-5-9-15(13)22/h2-10H,1H3/b16-10+. The highest BCUT2D eigenvalue weighted by Crippen LogP contribution is 2.30. The summed E-state index contributed by atoms with van der Waals surface area (Å²) in [7, 11) is 0. The Bertz CT molecular complexity index is 1080. The molecular weight excluding hydrogens is 371 g/mol. The van der Waals surface area contributed by atoms with Crippen LogP contribution in [0.1, 0.15) is 16.9 Å². The summed E-state index contributed by atoms with van der Waals surface area (Å²) in [6.45, 7) is 1.70. The van der Waals surface area contributed by atoms with Gasteiger partial charge in [0.25, 0.3) is 0 Å². The van der Waals surface area contributed by atoms with Crippen molar-refractivity contribution in [3.8, 4) is 11.3 Å². The summed E-state index contributed by atoms with van der Waals surface area (Å²) in [6.07, 6.45) is 1.26. The number of aryl methyl sites for hydroxylation is 1. The van der Waals surface area contributed by atoms with E-state index in [1.165, 1.54) is 24.3 Å². The summed E-state index contributed by atoms with van der Waals surface area (Å²) >= 11 is 6.01. The highest BCUT2D eigenvalue weighted by atomic mass is 35.5. The molecule has 0 radical (unpaired) electrons. The first-order valence-corrected chi connectivity index (χ1v) is 8.41. The summed E-state index contributed by atoms with van der Waals surface area (Å²) in [6, 6.07) is 13.6. The van der Waals surface area contributed by atoms with Crippen LogP contribution in [0.5, 0.6) is 0 Å². The molecule has 134 valence electrons. The number of hydrogen-bond donors (Lipinski definition) is 0. The molecule has 0 atom stereocenters. The van der Waals surface area contributed by atoms with Crippen molar-refractivity contribution in [2.24, 2.45) is 4.99 Å². The number of benzene rings is 2. The van der Waals surface area contributed by atoms with E-state index in [1.54, 1.807) is 6.92 Å². The summed E-state index contributed by atoms with van der Waals surface area (Å²) in [4.78, 5) is 16.5. The first-order valence-electron chi connectivity index (χ1n) is 8.03. The topological polar surface area (TPSA) is 64.7 Å². The first kappa shape index (κ1) is 17.2. The maximum atomic E-state index is 14.0. The van der Waals surface area contributed by atoms with Gasteiger partial charge in [0.2, 0.25) is 5.90 Å². The van der Waals surface area contributed by atoms with Crippen molar-refractivity contribution < 1.29 is 18.4 Å². The molecule has 3 aromatic rings. The number of rotatable bonds is 3. The lowest BCUT2D eigenvalue weighted by Gasteiger charge is -2.01. The molecule has 7 heteroatoms. The molecule has 5 nitrogen and oxygen atoms in total. The van der Waals surface area contributed by atoms with Gasteiger partial charge in [0.15, 0.2) is 5.70 Å². The third kappa shape index (κ3) is 3.15. The predicted molar refractivity (Wildman–Crippen MR) is 98.7 cm³/mol. The molecule has 2 heterocycles. The van der Waals surface area contributed by atoms with E-state index in [2.05, 4.69) is 10.1 Å². The molecule has 0 amide bonds. The molecule has 0 N–H and O–H groups in total. The highest BCUT2D eigenvalue weighted by Gasteiger charge is 2.30. The van der Waals surface area contributed by atoms with Crippen LogP contribution in [0.2, 0.25) is 5.02 Å². The van der Waals surface area contributed by atoms with E-state index in [9.17, 15) is 9.18 Å². The molecule has 0 unspecified atom stereocenters. The minimum atomic E-state index is -0.705. The molecule has 0 fully saturated rings. The smallest absolute Gasteiger partial charge is 0.363 e. The molecule has 1 aliphatic rings. The number of hydrogen-bond acceptors (Lipinski definition) is 5. The van der Waals surface area contributed by atoms with Gasteiger partial charge in [-0.1, -0.05) is 53.2 Å². The normalized spacial score (nSPS) is 15.1. The van der Waals surface area contributed by atoms with Gasteiger partial charge in [0, 0.05) is 11.1 Å². The predicted octanol–water partition coefficient (Wildman–Crippen LogP) is 4.79. The maximum Gasteiger partial charge on any atom is 0.363 e. The van der Waals surface area contributed by atoms with Crippen molar-refractivity contribution >= 4 is 29.5 Å². The van der Waals surface area contributed by atoms with Crippen LogP contribution in [-0.2, 0) is 9.53 Å². The van der Waals surface area contributed by atoms with Crippen LogP contribution in [0.4, 0.5) is 4.39 Å². The van der Waals surface area contributed by atoms with E-state index in [4.69, 9.17) is 20.9 Å². The van der Waals surface area contributed by atoms with E-state index in [0.29, 0.717) is 17.0 Å². The van der Waals surface area contributed by atoms with E-state index in [0.717, 1.165) is 5.56 Å². The van der Waals surface area contributed by atoms with Gasteiger partial charge in [-0.15, -0.1) is 0 Å². The fourth-order valence-corrected chi connectivity index (χ4v) is 2.94. The largest absolute Gasteiger partial charge is 0.402 e. The second-order valence-electron chi connectivity index (χ2n) is 5.80. The van der Waals surface area contributed by atoms with Crippen LogP contribution < -0.4 is 0 Å². The molecule has 27 heavy (non-hydrogen) atoms. The van der Waals surface area contributed by atoms with Gasteiger partial charge >= 0.3 is 5.97 Å². The number of carbonyl (C=O) groups excluding carboxylic acids is 1. The number of cyclic esters (lactones) is 1. The fraction of sp³-hybridized carbons (Fsp3) is 0.0500. The number of aliphatic imine (C=N–C) groups is 1. The van der Waals surface area contributed by atoms with Gasteiger partial charge in [0.1, 0.15) is 22.8 Å². The van der Waals surface area contributed by atoms with Crippen LogP contribution in [0.15, 0.2) is 63.7 Å². The summed E-state index contributed by atoms with van der Waals surface area (Å²) in [5, 5.41) is 4.22. The van der Waals surface area contributed by atoms with Crippen LogP contribution in [0.25, 0.3) is 17.3 Å². The number of carbonyl (C=O) groups is 1. The van der Waals surface area contributed by atoms with Gasteiger partial charge < -0.3 is 9.26 Å². The van der Waals surface area contributed by atoms with Gasteiger partial charge in [-0.3, -0.25) is 0 Å². The highest BCUT2D eigenvalue weighted by molar-refractivity contribution is 6.32. The van der Waals surface area contributed by atoms with Crippen molar-refractivity contribution in [2.75, 3.05) is 0 Å². The SMILES string of the molecule is Cc1onc(-c2ccccc2)c1C1=N/C(=C/c2c(F)cccc2Cl)C(=O)O1. The summed E-state index contributed by atoms with van der Waals surface area (Å²) in [5.74, 6) is -0.761. The molecule has 1 aliphatic heterocycles. The van der Waals surface area contributed by atoms with Crippen molar-refractivity contribution in [2.45, 2.75) is 6.92 Å². The van der Waals surface area contributed by atoms with Gasteiger partial charge in [-0.25, -0.2) is 14.2 Å². The average molecular weight is 383 g/mol. The van der Waals surface area contributed by atoms with E-state index in [1.807, 2.05) is 30.3 Å². The Morgan fingerprint density at radius 2 is 1.89 bits per heavy atom. The number of aromatic nitrogens is 1. The minimum Gasteiger partial charge on any atom is -0.402 e. The number of halogens is 2. The molecule has 4 rings (SSSR count). The molecule has 0 spiro atoms. The second kappa shape index (κ2) is 6.81. The van der Waals surface area contributed by atoms with Gasteiger partial charge in [-0.05, 0) is 25.1 Å². The number of ether oxygens (including phenoxy) is 1. The average Bonchev–Trinajstić information content (AvgIpc) is 3.21. The summed E-state index contributed by atoms with van der Waals surface area (Å²) in [5.41, 5.74) is 1.78. The van der Waals surface area contributed by atoms with Crippen LogP contribution >= 0.6 is 11.6 Å². The Hall–Kier alpha value is -3.25. The molecular formula is C20H12ClFN2O3. The Morgan fingerprint density at radius 1 is 1.11 bits per heavy atom. The maximum absolute atomic E-state index is 14.0. The Morgan fingerprint density at radius 3 is 2.63 bits per heavy atom. The zero-order valence-corrected chi connectivity index (χ0v) is 14.8. The first-order chi connectivity index (χ1) is 13.0. The van der Waals surface area contributed by atoms with Crippen molar-refractivity contribution in [1.82, 2.24) is 5.16 Å². The van der Waals surface area contributed by atoms with E-state index in [-0.39, 0.29) is 22.2 Å². The Labute approximate surface area is 158 Å². The van der Waals surface area contributed by atoms with E-state index >= 15 is 0 Å². The van der Waals surface area contributed by atoms with E-state index < -0.39 is 11.8 Å². The zero-order chi connectivity index (χ0) is 19.0. The van der Waals surface area contributed by atoms with Crippen molar-refractivity contribution in [3.05, 3.63) is 82.0 Å². The zero-order valence-electron chi connectivity index (χ0n) is 14.1. The van der Waals surface area contributed by atoms with Gasteiger partial charge in [-0.2, -0.15) is 0 Å². The molecule has 0 bridgehead atoms. The molecule has 0 saturated carbocycles. The molecule has 0 aliphatic carbocycles. The van der Waals surface area contributed by atoms with Crippen molar-refractivity contribution in [3.63, 3.8) is 0 Å². The van der Waals surface area contributed by atoms with Gasteiger partial charge in [0.05, 0.1) is 5.02 Å². The summed E-state index contributed by atoms with van der Waals surface area (Å²) < 4.78 is 24.6. The third-order valence-electron chi connectivity index (χ3n) is 4.03. The fourth-order valence-electron chi connectivity index (χ4n) is 2.72. The monoisotopic (exact) mass is 382 g/mol. The molecule has 1 aromatic heterocycles. The van der Waals surface area contributed by atoms with Crippen LogP contribution in [-0.4, -0.2) is 17.0 Å². The molecule has 2 aromatic carbocycles. The Kier molecular flexibility index (Phi) is 4.33.